The first-order valence-electron chi connectivity index (χ1n) is 13.0. The molecule has 0 radical (unpaired) electrons. The van der Waals surface area contributed by atoms with Crippen LogP contribution in [0.25, 0.3) is 0 Å². The van der Waals surface area contributed by atoms with Gasteiger partial charge in [0.15, 0.2) is 0 Å². The van der Waals surface area contributed by atoms with Gasteiger partial charge in [-0.2, -0.15) is 0 Å². The number of allylic oxidation sites excluding steroid dienone is 1. The highest BCUT2D eigenvalue weighted by atomic mass is 16.6. The minimum atomic E-state index is -0.939. The standard InChI is InChI=1S/C27H38O9/c1-6-16(2)22(31)35-20-11-23(4)24(5,19(29)10-25(36-23)12-21(30)33-13-25)18-8-7-9-26(14-34-26)27(18,20)15-32-17(3)28/h6,18-20,29H,7-15H2,1-5H3/b16-6+/t18-,19+,20+,23+,24+,25+,26+,27+/m1/s1. The van der Waals surface area contributed by atoms with Gasteiger partial charge >= 0.3 is 17.9 Å². The molecule has 3 aliphatic heterocycles. The Balaban J connectivity index is 1.64. The lowest BCUT2D eigenvalue weighted by atomic mass is 9.40. The topological polar surface area (TPSA) is 121 Å². The van der Waals surface area contributed by atoms with Gasteiger partial charge in [0.25, 0.3) is 0 Å². The van der Waals surface area contributed by atoms with Crippen molar-refractivity contribution in [2.45, 2.75) is 102 Å². The second-order valence-corrected chi connectivity index (χ2v) is 12.0. The molecule has 0 aromatic rings. The maximum atomic E-state index is 13.1. The molecule has 0 aromatic heterocycles. The van der Waals surface area contributed by atoms with Crippen LogP contribution < -0.4 is 0 Å². The lowest BCUT2D eigenvalue weighted by Crippen LogP contribution is -2.77. The van der Waals surface area contributed by atoms with Gasteiger partial charge < -0.3 is 28.8 Å². The summed E-state index contributed by atoms with van der Waals surface area (Å²) < 4.78 is 30.2. The Labute approximate surface area is 211 Å². The zero-order valence-electron chi connectivity index (χ0n) is 21.9. The van der Waals surface area contributed by atoms with E-state index in [0.717, 1.165) is 19.3 Å². The number of hydrogen-bond acceptors (Lipinski definition) is 9. The number of aliphatic hydroxyl groups excluding tert-OH is 1. The Morgan fingerprint density at radius 3 is 2.50 bits per heavy atom. The van der Waals surface area contributed by atoms with Crippen LogP contribution >= 0.6 is 0 Å². The molecule has 2 spiro atoms. The predicted octanol–water partition coefficient (Wildman–Crippen LogP) is 2.62. The van der Waals surface area contributed by atoms with E-state index in [4.69, 9.17) is 23.7 Å². The van der Waals surface area contributed by atoms with Gasteiger partial charge in [0.1, 0.15) is 30.5 Å². The molecule has 1 N–H and O–H groups in total. The highest BCUT2D eigenvalue weighted by Gasteiger charge is 2.80. The van der Waals surface area contributed by atoms with Crippen LogP contribution in [0.2, 0.25) is 0 Å². The molecule has 9 heteroatoms. The summed E-state index contributed by atoms with van der Waals surface area (Å²) in [6.07, 6.45) is 3.17. The van der Waals surface area contributed by atoms with Crippen molar-refractivity contribution in [1.29, 1.82) is 0 Å². The number of hydrogen-bond donors (Lipinski definition) is 1. The first-order chi connectivity index (χ1) is 16.9. The zero-order chi connectivity index (χ0) is 26.1. The molecule has 5 rings (SSSR count). The van der Waals surface area contributed by atoms with Crippen molar-refractivity contribution in [2.24, 2.45) is 16.7 Å². The fraction of sp³-hybridized carbons (Fsp3) is 0.815. The van der Waals surface area contributed by atoms with Crippen molar-refractivity contribution in [2.75, 3.05) is 19.8 Å². The Morgan fingerprint density at radius 1 is 1.19 bits per heavy atom. The highest BCUT2D eigenvalue weighted by Crippen LogP contribution is 2.72. The molecule has 36 heavy (non-hydrogen) atoms. The molecule has 200 valence electrons. The molecule has 3 saturated heterocycles. The van der Waals surface area contributed by atoms with E-state index in [1.165, 1.54) is 6.92 Å². The number of carbonyl (C=O) groups is 3. The molecule has 0 unspecified atom stereocenters. The Bertz CT molecular complexity index is 1000. The van der Waals surface area contributed by atoms with E-state index in [9.17, 15) is 19.5 Å². The Morgan fingerprint density at radius 2 is 1.92 bits per heavy atom. The van der Waals surface area contributed by atoms with Gasteiger partial charge in [-0.1, -0.05) is 19.4 Å². The third-order valence-corrected chi connectivity index (χ3v) is 10.2. The van der Waals surface area contributed by atoms with Gasteiger partial charge in [0, 0.05) is 30.8 Å². The summed E-state index contributed by atoms with van der Waals surface area (Å²) in [6, 6.07) is 0. The average molecular weight is 507 g/mol. The highest BCUT2D eigenvalue weighted by molar-refractivity contribution is 5.87. The van der Waals surface area contributed by atoms with Crippen LogP contribution in [0.15, 0.2) is 11.6 Å². The molecular weight excluding hydrogens is 468 g/mol. The van der Waals surface area contributed by atoms with Gasteiger partial charge in [0.2, 0.25) is 0 Å². The maximum absolute atomic E-state index is 13.1. The summed E-state index contributed by atoms with van der Waals surface area (Å²) in [7, 11) is 0. The average Bonchev–Trinajstić information content (AvgIpc) is 3.50. The minimum Gasteiger partial charge on any atom is -0.465 e. The van der Waals surface area contributed by atoms with E-state index >= 15 is 0 Å². The number of ether oxygens (including phenoxy) is 5. The summed E-state index contributed by atoms with van der Waals surface area (Å²) in [6.45, 7) is 9.44. The number of epoxide rings is 1. The monoisotopic (exact) mass is 506 g/mol. The van der Waals surface area contributed by atoms with Crippen molar-refractivity contribution >= 4 is 17.9 Å². The van der Waals surface area contributed by atoms with E-state index in [1.54, 1.807) is 19.9 Å². The second kappa shape index (κ2) is 8.27. The second-order valence-electron chi connectivity index (χ2n) is 12.0. The number of carbonyl (C=O) groups excluding carboxylic acids is 3. The van der Waals surface area contributed by atoms with Crippen LogP contribution in [0, 0.1) is 16.7 Å². The number of rotatable bonds is 4. The van der Waals surface area contributed by atoms with Gasteiger partial charge in [-0.25, -0.2) is 4.79 Å². The normalized spacial score (nSPS) is 47.7. The summed E-state index contributed by atoms with van der Waals surface area (Å²) in [4.78, 5) is 37.3. The SMILES string of the molecule is C/C=C(\C)C(=O)O[C@H]1C[C@]2(C)O[C@@]3(COC(=O)C3)C[C@H](O)[C@]2(C)[C@H]2CCC[C@]3(CO3)[C@]12COC(C)=O. The van der Waals surface area contributed by atoms with E-state index < -0.39 is 51.8 Å². The third kappa shape index (κ3) is 3.42. The van der Waals surface area contributed by atoms with Gasteiger partial charge in [0.05, 0.1) is 30.1 Å². The first kappa shape index (κ1) is 25.7. The molecule has 8 atom stereocenters. The van der Waals surface area contributed by atoms with Gasteiger partial charge in [-0.3, -0.25) is 9.59 Å². The molecule has 5 aliphatic rings. The quantitative estimate of drug-likeness (QED) is 0.265. The molecule has 9 nitrogen and oxygen atoms in total. The van der Waals surface area contributed by atoms with Crippen LogP contribution in [-0.4, -0.2) is 71.8 Å². The van der Waals surface area contributed by atoms with E-state index in [0.29, 0.717) is 12.2 Å². The molecular formula is C27H38O9. The summed E-state index contributed by atoms with van der Waals surface area (Å²) in [5.41, 5.74) is -3.60. The molecule has 0 amide bonds. The van der Waals surface area contributed by atoms with Gasteiger partial charge in [-0.05, 0) is 39.5 Å². The number of cyclic esters (lactones) is 1. The smallest absolute Gasteiger partial charge is 0.333 e. The van der Waals surface area contributed by atoms with Crippen molar-refractivity contribution in [3.05, 3.63) is 11.6 Å². The Hall–Kier alpha value is -1.97. The third-order valence-electron chi connectivity index (χ3n) is 10.2. The van der Waals surface area contributed by atoms with Crippen molar-refractivity contribution in [3.63, 3.8) is 0 Å². The first-order valence-corrected chi connectivity index (χ1v) is 13.0. The summed E-state index contributed by atoms with van der Waals surface area (Å²) >= 11 is 0. The number of fused-ring (bicyclic) bond motifs is 4. The molecule has 3 heterocycles. The van der Waals surface area contributed by atoms with E-state index in [1.807, 2.05) is 13.8 Å². The van der Waals surface area contributed by atoms with Crippen LogP contribution in [0.3, 0.4) is 0 Å². The molecule has 5 fully saturated rings. The van der Waals surface area contributed by atoms with E-state index in [-0.39, 0.29) is 44.4 Å². The van der Waals surface area contributed by atoms with Crippen LogP contribution in [0.1, 0.15) is 73.1 Å². The van der Waals surface area contributed by atoms with Crippen LogP contribution in [0.5, 0.6) is 0 Å². The summed E-state index contributed by atoms with van der Waals surface area (Å²) in [5.74, 6) is -1.43. The molecule has 0 aromatic carbocycles. The largest absolute Gasteiger partial charge is 0.465 e. The van der Waals surface area contributed by atoms with Gasteiger partial charge in [-0.15, -0.1) is 0 Å². The van der Waals surface area contributed by atoms with Crippen LogP contribution in [0.4, 0.5) is 0 Å². The van der Waals surface area contributed by atoms with Crippen LogP contribution in [-0.2, 0) is 38.1 Å². The molecule has 0 bridgehead atoms. The lowest BCUT2D eigenvalue weighted by molar-refractivity contribution is -0.350. The van der Waals surface area contributed by atoms with E-state index in [2.05, 4.69) is 0 Å². The predicted molar refractivity (Wildman–Crippen MR) is 126 cm³/mol. The number of esters is 3. The summed E-state index contributed by atoms with van der Waals surface area (Å²) in [5, 5.41) is 11.8. The van der Waals surface area contributed by atoms with Crippen molar-refractivity contribution in [3.8, 4) is 0 Å². The zero-order valence-corrected chi connectivity index (χ0v) is 21.9. The fourth-order valence-corrected chi connectivity index (χ4v) is 8.00. The Kier molecular flexibility index (Phi) is 5.89. The molecule has 2 aliphatic carbocycles. The van der Waals surface area contributed by atoms with Crippen molar-refractivity contribution in [1.82, 2.24) is 0 Å². The number of aliphatic hydroxyl groups is 1. The minimum absolute atomic E-state index is 0.0327. The van der Waals surface area contributed by atoms with Crippen molar-refractivity contribution < 1.29 is 43.2 Å². The fourth-order valence-electron chi connectivity index (χ4n) is 8.00. The lowest BCUT2D eigenvalue weighted by Gasteiger charge is -2.70. The molecule has 2 saturated carbocycles. The maximum Gasteiger partial charge on any atom is 0.333 e.